The Bertz CT molecular complexity index is 1130. The summed E-state index contributed by atoms with van der Waals surface area (Å²) in [6.45, 7) is 9.70. The highest BCUT2D eigenvalue weighted by Gasteiger charge is 2.29. The van der Waals surface area contributed by atoms with Crippen LogP contribution in [0, 0.1) is 17.2 Å². The molecule has 1 fully saturated rings. The van der Waals surface area contributed by atoms with Gasteiger partial charge in [0, 0.05) is 50.8 Å². The lowest BCUT2D eigenvalue weighted by Gasteiger charge is -2.31. The first-order valence-corrected chi connectivity index (χ1v) is 13.9. The second-order valence-electron chi connectivity index (χ2n) is 10.00. The maximum Gasteiger partial charge on any atom is 0.121 e. The average molecular weight is 521 g/mol. The first-order valence-electron chi connectivity index (χ1n) is 13.9. The van der Waals surface area contributed by atoms with Crippen LogP contribution in [-0.4, -0.2) is 69.8 Å². The van der Waals surface area contributed by atoms with Crippen molar-refractivity contribution >= 4 is 23.3 Å². The van der Waals surface area contributed by atoms with E-state index in [1.54, 1.807) is 7.11 Å². The summed E-state index contributed by atoms with van der Waals surface area (Å²) < 4.78 is 13.5. The molecule has 1 aromatic heterocycles. The highest BCUT2D eigenvalue weighted by Crippen LogP contribution is 2.43. The molecule has 1 heterocycles. The zero-order chi connectivity index (χ0) is 27.3. The lowest BCUT2D eigenvalue weighted by atomic mass is 9.89. The molecule has 7 nitrogen and oxygen atoms in total. The highest BCUT2D eigenvalue weighted by atomic mass is 16.5. The fourth-order valence-corrected chi connectivity index (χ4v) is 5.41. The molecule has 0 spiro atoms. The van der Waals surface area contributed by atoms with Crippen molar-refractivity contribution in [3.8, 4) is 11.8 Å². The molecule has 1 aromatic carbocycles. The van der Waals surface area contributed by atoms with Crippen molar-refractivity contribution in [3.63, 3.8) is 0 Å². The third-order valence-corrected chi connectivity index (χ3v) is 7.62. The van der Waals surface area contributed by atoms with Crippen molar-refractivity contribution in [2.75, 3.05) is 53.6 Å². The molecule has 1 unspecified atom stereocenters. The summed E-state index contributed by atoms with van der Waals surface area (Å²) in [7, 11) is 3.79. The van der Waals surface area contributed by atoms with Crippen LogP contribution in [0.15, 0.2) is 36.4 Å². The molecule has 0 bridgehead atoms. The van der Waals surface area contributed by atoms with Crippen molar-refractivity contribution in [1.82, 2.24) is 14.8 Å². The van der Waals surface area contributed by atoms with Crippen molar-refractivity contribution < 1.29 is 14.3 Å². The van der Waals surface area contributed by atoms with Crippen molar-refractivity contribution in [1.29, 1.82) is 5.26 Å². The van der Waals surface area contributed by atoms with Gasteiger partial charge in [0.15, 0.2) is 0 Å². The van der Waals surface area contributed by atoms with Crippen LogP contribution in [0.3, 0.4) is 0 Å². The molecule has 0 radical (unpaired) electrons. The fraction of sp³-hybridized carbons (Fsp3) is 0.548. The van der Waals surface area contributed by atoms with Crippen molar-refractivity contribution in [2.45, 2.75) is 51.5 Å². The number of nitrogens with zero attached hydrogens (tertiary/aromatic N) is 3. The zero-order valence-electron chi connectivity index (χ0n) is 23.4. The number of rotatable bonds is 14. The number of methoxy groups -OCH3 is 1. The Morgan fingerprint density at radius 3 is 2.66 bits per heavy atom. The van der Waals surface area contributed by atoms with E-state index in [9.17, 15) is 5.26 Å². The molecule has 206 valence electrons. The molecule has 2 aliphatic rings. The monoisotopic (exact) mass is 520 g/mol. The molecule has 2 aromatic rings. The summed E-state index contributed by atoms with van der Waals surface area (Å²) in [6.07, 6.45) is 13.8. The van der Waals surface area contributed by atoms with Gasteiger partial charge in [0.2, 0.25) is 0 Å². The number of likely N-dealkylation sites (N-methyl/N-ethyl adjacent to an activating group) is 1. The first kappa shape index (κ1) is 29.6. The minimum atomic E-state index is 0.460. The molecule has 38 heavy (non-hydrogen) atoms. The minimum absolute atomic E-state index is 0.460. The third-order valence-electron chi connectivity index (χ3n) is 7.62. The molecule has 0 aliphatic heterocycles. The molecule has 4 rings (SSSR count). The normalized spacial score (nSPS) is 17.0. The maximum absolute atomic E-state index is 10.2. The summed E-state index contributed by atoms with van der Waals surface area (Å²) in [5.74, 6) is 1.41. The van der Waals surface area contributed by atoms with Crippen molar-refractivity contribution in [3.05, 3.63) is 47.7 Å². The molecule has 0 amide bonds. The molecular formula is C31H44N4O3. The molecule has 7 heteroatoms. The first-order chi connectivity index (χ1) is 18.7. The van der Waals surface area contributed by atoms with Gasteiger partial charge in [-0.05, 0) is 82.7 Å². The predicted octanol–water partition coefficient (Wildman–Crippen LogP) is 5.36. The predicted molar refractivity (Wildman–Crippen MR) is 155 cm³/mol. The van der Waals surface area contributed by atoms with Gasteiger partial charge in [0.25, 0.3) is 0 Å². The van der Waals surface area contributed by atoms with Crippen LogP contribution in [0.25, 0.3) is 16.5 Å². The van der Waals surface area contributed by atoms with Gasteiger partial charge in [-0.25, -0.2) is 0 Å². The quantitative estimate of drug-likeness (QED) is 0.338. The number of carbonyl (C=O) groups is 1. The number of benzene rings is 1. The fourth-order valence-electron chi connectivity index (χ4n) is 5.41. The summed E-state index contributed by atoms with van der Waals surface area (Å²) in [6, 6.07) is 9.19. The molecule has 1 atom stereocenters. The Morgan fingerprint density at radius 1 is 1.24 bits per heavy atom. The van der Waals surface area contributed by atoms with E-state index in [1.165, 1.54) is 24.8 Å². The second-order valence-corrected chi connectivity index (χ2v) is 10.00. The minimum Gasteiger partial charge on any atom is -0.494 e. The van der Waals surface area contributed by atoms with Crippen LogP contribution in [0.1, 0.15) is 62.7 Å². The van der Waals surface area contributed by atoms with E-state index in [2.05, 4.69) is 51.2 Å². The van der Waals surface area contributed by atoms with Crippen LogP contribution in [0.5, 0.6) is 5.75 Å². The Kier molecular flexibility index (Phi) is 12.1. The molecule has 2 aliphatic carbocycles. The molecule has 1 saturated carbocycles. The number of allylic oxidation sites excluding steroid dienone is 4. The van der Waals surface area contributed by atoms with Gasteiger partial charge in [-0.1, -0.05) is 18.2 Å². The number of nitriles is 1. The van der Waals surface area contributed by atoms with Gasteiger partial charge < -0.3 is 29.1 Å². The highest BCUT2D eigenvalue weighted by molar-refractivity contribution is 5.95. The van der Waals surface area contributed by atoms with Crippen LogP contribution in [0.4, 0.5) is 0 Å². The molecule has 0 saturated heterocycles. The van der Waals surface area contributed by atoms with Gasteiger partial charge >= 0.3 is 0 Å². The molecular weight excluding hydrogens is 476 g/mol. The number of hydrogen-bond acceptors (Lipinski definition) is 6. The lowest BCUT2D eigenvalue weighted by Crippen LogP contribution is -2.33. The number of nitrogens with one attached hydrogen (secondary N) is 1. The molecule has 1 N–H and O–H groups in total. The van der Waals surface area contributed by atoms with Crippen LogP contribution in [-0.2, 0) is 9.53 Å². The Morgan fingerprint density at radius 2 is 2.05 bits per heavy atom. The van der Waals surface area contributed by atoms with Gasteiger partial charge in [0.1, 0.15) is 18.6 Å². The van der Waals surface area contributed by atoms with Crippen LogP contribution in [0.2, 0.25) is 0 Å². The summed E-state index contributed by atoms with van der Waals surface area (Å²) in [5, 5.41) is 14.5. The van der Waals surface area contributed by atoms with E-state index in [0.29, 0.717) is 18.6 Å². The van der Waals surface area contributed by atoms with Crippen molar-refractivity contribution in [2.24, 2.45) is 5.92 Å². The van der Waals surface area contributed by atoms with Gasteiger partial charge in [-0.3, -0.25) is 0 Å². The summed E-state index contributed by atoms with van der Waals surface area (Å²) in [5.41, 5.74) is 4.21. The Hall–Kier alpha value is -2.92. The van der Waals surface area contributed by atoms with E-state index in [1.807, 2.05) is 26.8 Å². The Balaban J connectivity index is 0.00000195. The standard InChI is InChI=1S/C30H42N4O2.CH2O/c1-4-36-26-13-14-27-28(22-31)30(34(29(27)21-26)25-7-5-8-25)24-11-9-23(10-12-24)15-18-33(19-16-32-2)17-6-20-35-3;1-2/h9,11-14,21,23,25,32H,4-8,10,15-20H2,1-3H3;1H2. The SMILES string of the molecule is C=O.CCOc1ccc2c(C#N)c(C3=CCC(CCN(CCCOC)CCNC)C=C3)n(C3CCC3)c2c1. The maximum atomic E-state index is 10.2. The van der Waals surface area contributed by atoms with Gasteiger partial charge in [-0.2, -0.15) is 5.26 Å². The second kappa shape index (κ2) is 15.5. The largest absolute Gasteiger partial charge is 0.494 e. The van der Waals surface area contributed by atoms with Gasteiger partial charge in [-0.15, -0.1) is 0 Å². The summed E-state index contributed by atoms with van der Waals surface area (Å²) >= 11 is 0. The van der Waals surface area contributed by atoms with Crippen LogP contribution < -0.4 is 10.1 Å². The average Bonchev–Trinajstić information content (AvgIpc) is 3.23. The lowest BCUT2D eigenvalue weighted by molar-refractivity contribution is -0.0980. The smallest absolute Gasteiger partial charge is 0.121 e. The zero-order valence-corrected chi connectivity index (χ0v) is 23.4. The number of hydrogen-bond donors (Lipinski definition) is 1. The topological polar surface area (TPSA) is 79.5 Å². The number of ether oxygens (including phenoxy) is 2. The van der Waals surface area contributed by atoms with E-state index >= 15 is 0 Å². The van der Waals surface area contributed by atoms with E-state index in [4.69, 9.17) is 14.3 Å². The number of aromatic nitrogens is 1. The van der Waals surface area contributed by atoms with E-state index < -0.39 is 0 Å². The van der Waals surface area contributed by atoms with Gasteiger partial charge in [0.05, 0.1) is 23.4 Å². The van der Waals surface area contributed by atoms with Crippen LogP contribution >= 0.6 is 0 Å². The van der Waals surface area contributed by atoms with E-state index in [0.717, 1.165) is 80.0 Å². The Labute approximate surface area is 228 Å². The third kappa shape index (κ3) is 7.13. The van der Waals surface area contributed by atoms with E-state index in [-0.39, 0.29) is 0 Å². The summed E-state index contributed by atoms with van der Waals surface area (Å²) in [4.78, 5) is 10.5. The number of fused-ring (bicyclic) bond motifs is 1. The number of carbonyl (C=O) groups excluding carboxylic acids is 1.